The molecule has 4 atom stereocenters. The Morgan fingerprint density at radius 3 is 1.96 bits per heavy atom. The maximum Gasteiger partial charge on any atom is 0.407 e. The van der Waals surface area contributed by atoms with Crippen LogP contribution in [0.25, 0.3) is 21.9 Å². The summed E-state index contributed by atoms with van der Waals surface area (Å²) in [6.07, 6.45) is 0.202. The Labute approximate surface area is 314 Å². The quantitative estimate of drug-likeness (QED) is 0.131. The molecular weight excluding hydrogens is 688 g/mol. The molecule has 4 aromatic rings. The molecule has 0 radical (unpaired) electrons. The molecule has 282 valence electrons. The summed E-state index contributed by atoms with van der Waals surface area (Å²) in [5, 5.41) is 9.49. The summed E-state index contributed by atoms with van der Waals surface area (Å²) in [6.45, 7) is 7.02. The molecule has 2 aliphatic rings. The second-order valence-electron chi connectivity index (χ2n) is 14.1. The number of hydrogen-bond acceptors (Lipinski definition) is 8. The fraction of sp³-hybridized carbons (Fsp3) is 0.357. The van der Waals surface area contributed by atoms with Crippen molar-refractivity contribution in [2.24, 2.45) is 5.92 Å². The van der Waals surface area contributed by atoms with Crippen LogP contribution in [0.2, 0.25) is 0 Å². The van der Waals surface area contributed by atoms with E-state index < -0.39 is 54.0 Å². The predicted octanol–water partition coefficient (Wildman–Crippen LogP) is 5.32. The lowest BCUT2D eigenvalue weighted by Gasteiger charge is -2.29. The van der Waals surface area contributed by atoms with Crippen molar-refractivity contribution in [3.63, 3.8) is 0 Å². The van der Waals surface area contributed by atoms with E-state index in [9.17, 15) is 24.0 Å². The van der Waals surface area contributed by atoms with E-state index in [1.807, 2.05) is 72.8 Å². The van der Waals surface area contributed by atoms with E-state index in [-0.39, 0.29) is 18.4 Å². The van der Waals surface area contributed by atoms with Crippen LogP contribution in [-0.4, -0.2) is 79.1 Å². The Morgan fingerprint density at radius 1 is 0.741 bits per heavy atom. The van der Waals surface area contributed by atoms with E-state index in [0.717, 1.165) is 27.6 Å². The standard InChI is InChI=1S/C42H46N4O8/c1-24(2)37(41(50)54-36-21-20-35(52-5)31-17-10-11-18-32(31)36)45-39(48)34-19-12-22-46(34)40(49)26(4)43-38(47)25(3)44-42(51)53-23-33-29-15-8-6-13-27(29)28-14-7-9-16-30(28)33/h6-11,13-18,20-21,24-26,33-34,37H,12,19,22-23H2,1-5H3,(H,43,47)(H,44,51)(H,45,48). The number of carbonyl (C=O) groups excluding carboxylic acids is 5. The van der Waals surface area contributed by atoms with Crippen molar-refractivity contribution in [1.82, 2.24) is 20.9 Å². The topological polar surface area (TPSA) is 152 Å². The molecule has 6 rings (SSSR count). The largest absolute Gasteiger partial charge is 0.496 e. The van der Waals surface area contributed by atoms with Gasteiger partial charge in [-0.3, -0.25) is 14.4 Å². The van der Waals surface area contributed by atoms with Crippen molar-refractivity contribution < 1.29 is 38.2 Å². The van der Waals surface area contributed by atoms with E-state index in [1.54, 1.807) is 33.1 Å². The summed E-state index contributed by atoms with van der Waals surface area (Å²) in [5.41, 5.74) is 4.35. The molecule has 12 heteroatoms. The summed E-state index contributed by atoms with van der Waals surface area (Å²) in [4.78, 5) is 67.9. The highest BCUT2D eigenvalue weighted by Gasteiger charge is 2.39. The van der Waals surface area contributed by atoms with E-state index in [2.05, 4.69) is 16.0 Å². The molecule has 4 unspecified atom stereocenters. The molecule has 1 fully saturated rings. The Bertz CT molecular complexity index is 2020. The number of likely N-dealkylation sites (tertiary alicyclic amines) is 1. The summed E-state index contributed by atoms with van der Waals surface area (Å²) in [6, 6.07) is 22.9. The molecular formula is C42H46N4O8. The lowest BCUT2D eigenvalue weighted by molar-refractivity contribution is -0.144. The Morgan fingerprint density at radius 2 is 1.33 bits per heavy atom. The zero-order chi connectivity index (χ0) is 38.5. The van der Waals surface area contributed by atoms with Crippen molar-refractivity contribution in [1.29, 1.82) is 0 Å². The molecule has 0 spiro atoms. The zero-order valence-corrected chi connectivity index (χ0v) is 31.1. The van der Waals surface area contributed by atoms with Gasteiger partial charge in [-0.1, -0.05) is 86.6 Å². The van der Waals surface area contributed by atoms with Gasteiger partial charge in [0.05, 0.1) is 7.11 Å². The second-order valence-corrected chi connectivity index (χ2v) is 14.1. The molecule has 1 saturated heterocycles. The number of esters is 1. The molecule has 4 aromatic carbocycles. The van der Waals surface area contributed by atoms with Crippen LogP contribution in [0.1, 0.15) is 57.6 Å². The lowest BCUT2D eigenvalue weighted by atomic mass is 9.98. The third-order valence-corrected chi connectivity index (χ3v) is 10.1. The summed E-state index contributed by atoms with van der Waals surface area (Å²) in [7, 11) is 1.57. The van der Waals surface area contributed by atoms with E-state index in [1.165, 1.54) is 18.7 Å². The van der Waals surface area contributed by atoms with Gasteiger partial charge in [-0.15, -0.1) is 0 Å². The fourth-order valence-electron chi connectivity index (χ4n) is 7.26. The van der Waals surface area contributed by atoms with Gasteiger partial charge in [-0.2, -0.15) is 0 Å². The third-order valence-electron chi connectivity index (χ3n) is 10.1. The van der Waals surface area contributed by atoms with Crippen LogP contribution >= 0.6 is 0 Å². The molecule has 4 amide bonds. The third kappa shape index (κ3) is 7.87. The van der Waals surface area contributed by atoms with Crippen molar-refractivity contribution in [3.05, 3.63) is 96.1 Å². The van der Waals surface area contributed by atoms with Crippen LogP contribution < -0.4 is 25.4 Å². The number of carbonyl (C=O) groups is 5. The van der Waals surface area contributed by atoms with Crippen LogP contribution in [0.3, 0.4) is 0 Å². The predicted molar refractivity (Wildman–Crippen MR) is 203 cm³/mol. The molecule has 12 nitrogen and oxygen atoms in total. The fourth-order valence-corrected chi connectivity index (χ4v) is 7.26. The number of rotatable bonds is 12. The zero-order valence-electron chi connectivity index (χ0n) is 31.1. The van der Waals surface area contributed by atoms with Crippen LogP contribution in [-0.2, 0) is 23.9 Å². The van der Waals surface area contributed by atoms with Gasteiger partial charge < -0.3 is 35.1 Å². The average molecular weight is 735 g/mol. The van der Waals surface area contributed by atoms with Crippen LogP contribution in [0.15, 0.2) is 84.9 Å². The van der Waals surface area contributed by atoms with E-state index >= 15 is 0 Å². The molecule has 1 aliphatic heterocycles. The van der Waals surface area contributed by atoms with Crippen molar-refractivity contribution >= 4 is 40.6 Å². The van der Waals surface area contributed by atoms with Gasteiger partial charge >= 0.3 is 12.1 Å². The van der Waals surface area contributed by atoms with Crippen LogP contribution in [0.5, 0.6) is 11.5 Å². The Hall–Kier alpha value is -5.91. The van der Waals surface area contributed by atoms with Gasteiger partial charge in [-0.05, 0) is 67.0 Å². The van der Waals surface area contributed by atoms with E-state index in [4.69, 9.17) is 14.2 Å². The minimum Gasteiger partial charge on any atom is -0.496 e. The van der Waals surface area contributed by atoms with Gasteiger partial charge in [0.2, 0.25) is 17.7 Å². The molecule has 1 aliphatic carbocycles. The summed E-state index contributed by atoms with van der Waals surface area (Å²) < 4.78 is 16.8. The average Bonchev–Trinajstić information content (AvgIpc) is 3.79. The normalized spacial score (nSPS) is 16.5. The maximum absolute atomic E-state index is 13.6. The molecule has 0 aromatic heterocycles. The van der Waals surface area contributed by atoms with Gasteiger partial charge in [0, 0.05) is 23.2 Å². The molecule has 54 heavy (non-hydrogen) atoms. The highest BCUT2D eigenvalue weighted by molar-refractivity contribution is 5.97. The minimum atomic E-state index is -1.01. The molecule has 3 N–H and O–H groups in total. The van der Waals surface area contributed by atoms with Crippen LogP contribution in [0, 0.1) is 5.92 Å². The molecule has 0 bridgehead atoms. The highest BCUT2D eigenvalue weighted by Crippen LogP contribution is 2.44. The van der Waals surface area contributed by atoms with Crippen LogP contribution in [0.4, 0.5) is 4.79 Å². The minimum absolute atomic E-state index is 0.0925. The summed E-state index contributed by atoms with van der Waals surface area (Å²) in [5.74, 6) is -1.65. The maximum atomic E-state index is 13.6. The van der Waals surface area contributed by atoms with Gasteiger partial charge in [-0.25, -0.2) is 9.59 Å². The first kappa shape index (κ1) is 37.8. The number of hydrogen-bond donors (Lipinski definition) is 3. The first-order valence-electron chi connectivity index (χ1n) is 18.3. The number of amides is 4. The smallest absolute Gasteiger partial charge is 0.407 e. The van der Waals surface area contributed by atoms with E-state index in [0.29, 0.717) is 36.3 Å². The monoisotopic (exact) mass is 734 g/mol. The lowest BCUT2D eigenvalue weighted by Crippen LogP contribution is -2.57. The first-order valence-corrected chi connectivity index (χ1v) is 18.3. The van der Waals surface area contributed by atoms with Crippen molar-refractivity contribution in [2.45, 2.75) is 70.6 Å². The van der Waals surface area contributed by atoms with Gasteiger partial charge in [0.15, 0.2) is 0 Å². The number of methoxy groups -OCH3 is 1. The first-order chi connectivity index (χ1) is 26.0. The van der Waals surface area contributed by atoms with Gasteiger partial charge in [0.25, 0.3) is 0 Å². The SMILES string of the molecule is COc1ccc(OC(=O)C(NC(=O)C2CCCN2C(=O)C(C)NC(=O)C(C)NC(=O)OCC2c3ccccc3-c3ccccc32)C(C)C)c2ccccc12. The van der Waals surface area contributed by atoms with Crippen molar-refractivity contribution in [2.75, 3.05) is 20.3 Å². The molecule has 1 heterocycles. The molecule has 0 saturated carbocycles. The summed E-state index contributed by atoms with van der Waals surface area (Å²) >= 11 is 0. The number of alkyl carbamates (subject to hydrolysis) is 1. The Balaban J connectivity index is 1.01. The number of benzene rings is 4. The number of ether oxygens (including phenoxy) is 3. The van der Waals surface area contributed by atoms with Crippen molar-refractivity contribution in [3.8, 4) is 22.6 Å². The second kappa shape index (κ2) is 16.4. The number of nitrogens with one attached hydrogen (secondary N) is 3. The Kier molecular flexibility index (Phi) is 11.5. The number of nitrogens with zero attached hydrogens (tertiary/aromatic N) is 1. The van der Waals surface area contributed by atoms with Gasteiger partial charge in [0.1, 0.15) is 42.3 Å². The number of fused-ring (bicyclic) bond motifs is 4. The highest BCUT2D eigenvalue weighted by atomic mass is 16.5.